The second kappa shape index (κ2) is 6.67. The average molecular weight is 303 g/mol. The van der Waals surface area contributed by atoms with Crippen molar-refractivity contribution >= 4 is 17.6 Å². The Morgan fingerprint density at radius 2 is 1.86 bits per heavy atom. The fraction of sp³-hybridized carbons (Fsp3) is 0.333. The highest BCUT2D eigenvalue weighted by Crippen LogP contribution is 2.31. The maximum absolute atomic E-state index is 5.82. The van der Waals surface area contributed by atoms with E-state index < -0.39 is 0 Å². The Morgan fingerprint density at radius 3 is 2.62 bits per heavy atom. The molecule has 21 heavy (non-hydrogen) atoms. The SMILES string of the molecule is COc1ccccc1Oc1cc(N2CCSCC2)ncn1. The van der Waals surface area contributed by atoms with E-state index in [-0.39, 0.29) is 0 Å². The number of para-hydroxylation sites is 2. The quantitative estimate of drug-likeness (QED) is 0.865. The Bertz CT molecular complexity index is 603. The minimum absolute atomic E-state index is 0.530. The van der Waals surface area contributed by atoms with Crippen molar-refractivity contribution in [2.24, 2.45) is 0 Å². The first-order valence-corrected chi connectivity index (χ1v) is 7.98. The van der Waals surface area contributed by atoms with E-state index in [1.165, 1.54) is 0 Å². The largest absolute Gasteiger partial charge is 0.493 e. The van der Waals surface area contributed by atoms with E-state index in [1.807, 2.05) is 42.1 Å². The van der Waals surface area contributed by atoms with Crippen molar-refractivity contribution in [2.45, 2.75) is 0 Å². The third-order valence-corrected chi connectivity index (χ3v) is 4.19. The van der Waals surface area contributed by atoms with Gasteiger partial charge >= 0.3 is 0 Å². The molecule has 0 spiro atoms. The van der Waals surface area contributed by atoms with Gasteiger partial charge < -0.3 is 14.4 Å². The van der Waals surface area contributed by atoms with Gasteiger partial charge in [-0.2, -0.15) is 11.8 Å². The number of hydrogen-bond donors (Lipinski definition) is 0. The summed E-state index contributed by atoms with van der Waals surface area (Å²) in [5.41, 5.74) is 0. The van der Waals surface area contributed by atoms with Crippen LogP contribution in [0.1, 0.15) is 0 Å². The molecule has 110 valence electrons. The monoisotopic (exact) mass is 303 g/mol. The first-order chi connectivity index (χ1) is 10.4. The van der Waals surface area contributed by atoms with Crippen LogP contribution in [0.3, 0.4) is 0 Å². The number of anilines is 1. The minimum atomic E-state index is 0.530. The molecule has 5 nitrogen and oxygen atoms in total. The molecule has 1 aromatic heterocycles. The predicted molar refractivity (Wildman–Crippen MR) is 84.6 cm³/mol. The number of nitrogens with zero attached hydrogens (tertiary/aromatic N) is 3. The smallest absolute Gasteiger partial charge is 0.224 e. The van der Waals surface area contributed by atoms with Crippen LogP contribution < -0.4 is 14.4 Å². The Morgan fingerprint density at radius 1 is 1.10 bits per heavy atom. The van der Waals surface area contributed by atoms with Gasteiger partial charge in [0.2, 0.25) is 5.88 Å². The van der Waals surface area contributed by atoms with Gasteiger partial charge in [0.1, 0.15) is 12.1 Å². The number of methoxy groups -OCH3 is 1. The zero-order chi connectivity index (χ0) is 14.5. The topological polar surface area (TPSA) is 47.5 Å². The van der Waals surface area contributed by atoms with Gasteiger partial charge in [-0.05, 0) is 12.1 Å². The molecule has 0 N–H and O–H groups in total. The van der Waals surface area contributed by atoms with Crippen molar-refractivity contribution in [3.8, 4) is 17.4 Å². The predicted octanol–water partition coefficient (Wildman–Crippen LogP) is 2.83. The van der Waals surface area contributed by atoms with E-state index in [9.17, 15) is 0 Å². The highest BCUT2D eigenvalue weighted by Gasteiger charge is 2.14. The van der Waals surface area contributed by atoms with Crippen LogP contribution in [-0.4, -0.2) is 41.7 Å². The Balaban J connectivity index is 1.79. The van der Waals surface area contributed by atoms with E-state index in [0.717, 1.165) is 30.4 Å². The molecule has 1 fully saturated rings. The number of ether oxygens (including phenoxy) is 2. The number of rotatable bonds is 4. The first kappa shape index (κ1) is 14.0. The van der Waals surface area contributed by atoms with Gasteiger partial charge in [-0.15, -0.1) is 0 Å². The molecule has 3 rings (SSSR count). The highest BCUT2D eigenvalue weighted by atomic mass is 32.2. The second-order valence-corrected chi connectivity index (χ2v) is 5.79. The molecule has 0 atom stereocenters. The van der Waals surface area contributed by atoms with Crippen molar-refractivity contribution in [2.75, 3.05) is 36.6 Å². The molecule has 1 saturated heterocycles. The summed E-state index contributed by atoms with van der Waals surface area (Å²) in [6.07, 6.45) is 1.54. The molecule has 1 aliphatic heterocycles. The molecule has 0 unspecified atom stereocenters. The van der Waals surface area contributed by atoms with Crippen LogP contribution in [0.5, 0.6) is 17.4 Å². The van der Waals surface area contributed by atoms with Crippen molar-refractivity contribution in [3.05, 3.63) is 36.7 Å². The maximum Gasteiger partial charge on any atom is 0.224 e. The first-order valence-electron chi connectivity index (χ1n) is 6.82. The Labute approximate surface area is 128 Å². The summed E-state index contributed by atoms with van der Waals surface area (Å²) in [6, 6.07) is 9.41. The van der Waals surface area contributed by atoms with Crippen molar-refractivity contribution in [3.63, 3.8) is 0 Å². The van der Waals surface area contributed by atoms with Crippen LogP contribution in [0.15, 0.2) is 36.7 Å². The lowest BCUT2D eigenvalue weighted by atomic mass is 10.3. The van der Waals surface area contributed by atoms with Crippen molar-refractivity contribution < 1.29 is 9.47 Å². The molecule has 0 amide bonds. The highest BCUT2D eigenvalue weighted by molar-refractivity contribution is 7.99. The molecule has 0 saturated carbocycles. The molecular weight excluding hydrogens is 286 g/mol. The molecular formula is C15H17N3O2S. The van der Waals surface area contributed by atoms with Crippen LogP contribution in [-0.2, 0) is 0 Å². The molecule has 2 heterocycles. The van der Waals surface area contributed by atoms with Crippen LogP contribution in [0.2, 0.25) is 0 Å². The second-order valence-electron chi connectivity index (χ2n) is 4.57. The molecule has 2 aromatic rings. The Kier molecular flexibility index (Phi) is 4.45. The molecule has 1 aliphatic rings. The lowest BCUT2D eigenvalue weighted by Gasteiger charge is -2.27. The van der Waals surface area contributed by atoms with Gasteiger partial charge in [0, 0.05) is 30.7 Å². The number of thioether (sulfide) groups is 1. The molecule has 0 radical (unpaired) electrons. The molecule has 1 aromatic carbocycles. The summed E-state index contributed by atoms with van der Waals surface area (Å²) in [5, 5.41) is 0. The third kappa shape index (κ3) is 3.39. The van der Waals surface area contributed by atoms with Crippen molar-refractivity contribution in [1.82, 2.24) is 9.97 Å². The molecule has 6 heteroatoms. The van der Waals surface area contributed by atoms with Gasteiger partial charge in [0.15, 0.2) is 11.5 Å². The summed E-state index contributed by atoms with van der Waals surface area (Å²) < 4.78 is 11.1. The van der Waals surface area contributed by atoms with E-state index >= 15 is 0 Å². The fourth-order valence-corrected chi connectivity index (χ4v) is 3.07. The van der Waals surface area contributed by atoms with Crippen LogP contribution >= 0.6 is 11.8 Å². The summed E-state index contributed by atoms with van der Waals surface area (Å²) in [5.74, 6) is 5.04. The fourth-order valence-electron chi connectivity index (χ4n) is 2.17. The normalized spacial score (nSPS) is 14.8. The minimum Gasteiger partial charge on any atom is -0.493 e. The molecule has 0 bridgehead atoms. The zero-order valence-electron chi connectivity index (χ0n) is 11.9. The Hall–Kier alpha value is -1.95. The summed E-state index contributed by atoms with van der Waals surface area (Å²) in [7, 11) is 1.62. The van der Waals surface area contributed by atoms with Crippen LogP contribution in [0.25, 0.3) is 0 Å². The van der Waals surface area contributed by atoms with Gasteiger partial charge in [-0.3, -0.25) is 0 Å². The van der Waals surface area contributed by atoms with Crippen LogP contribution in [0.4, 0.5) is 5.82 Å². The van der Waals surface area contributed by atoms with E-state index in [2.05, 4.69) is 14.9 Å². The lowest BCUT2D eigenvalue weighted by molar-refractivity contribution is 0.374. The standard InChI is InChI=1S/C15H17N3O2S/c1-19-12-4-2-3-5-13(12)20-15-10-14(16-11-17-15)18-6-8-21-9-7-18/h2-5,10-11H,6-9H2,1H3. The maximum atomic E-state index is 5.82. The molecule has 0 aliphatic carbocycles. The van der Waals surface area contributed by atoms with E-state index in [4.69, 9.17) is 9.47 Å². The number of benzene rings is 1. The van der Waals surface area contributed by atoms with Gasteiger partial charge in [-0.1, -0.05) is 12.1 Å². The van der Waals surface area contributed by atoms with Crippen LogP contribution in [0, 0.1) is 0 Å². The summed E-state index contributed by atoms with van der Waals surface area (Å²) in [6.45, 7) is 2.02. The zero-order valence-corrected chi connectivity index (χ0v) is 12.7. The van der Waals surface area contributed by atoms with Gasteiger partial charge in [-0.25, -0.2) is 9.97 Å². The summed E-state index contributed by atoms with van der Waals surface area (Å²) in [4.78, 5) is 10.8. The number of hydrogen-bond acceptors (Lipinski definition) is 6. The van der Waals surface area contributed by atoms with E-state index in [0.29, 0.717) is 17.4 Å². The third-order valence-electron chi connectivity index (χ3n) is 3.25. The van der Waals surface area contributed by atoms with Crippen molar-refractivity contribution in [1.29, 1.82) is 0 Å². The van der Waals surface area contributed by atoms with Gasteiger partial charge in [0.05, 0.1) is 7.11 Å². The van der Waals surface area contributed by atoms with E-state index in [1.54, 1.807) is 13.4 Å². The number of aromatic nitrogens is 2. The van der Waals surface area contributed by atoms with Gasteiger partial charge in [0.25, 0.3) is 0 Å². The lowest BCUT2D eigenvalue weighted by Crippen LogP contribution is -2.33. The average Bonchev–Trinajstić information content (AvgIpc) is 2.56. The summed E-state index contributed by atoms with van der Waals surface area (Å²) >= 11 is 1.97.